The van der Waals surface area contributed by atoms with E-state index in [0.29, 0.717) is 0 Å². The molecule has 35 heavy (non-hydrogen) atoms. The average Bonchev–Trinajstić information content (AvgIpc) is 2.87. The SMILES string of the molecule is CCCC[N+](CCCC)(CCCC)CCCC.CCCC[N+](CCCC)(CCCC)CCCC.[Ru+2]. The molecule has 2 nitrogen and oxygen atoms in total. The standard InChI is InChI=1S/2C16H36N.Ru/c2*1-5-9-13-17(14-10-6-2,15-11-7-3)16-12-8-4;/h2*5-16H2,1-4H3;/q2*+1;+2. The number of nitrogens with zero attached hydrogens (tertiary/aromatic N) is 2. The minimum atomic E-state index is 0. The first-order valence-corrected chi connectivity index (χ1v) is 16.2. The van der Waals surface area contributed by atoms with E-state index < -0.39 is 0 Å². The summed E-state index contributed by atoms with van der Waals surface area (Å²) in [5.41, 5.74) is 0. The van der Waals surface area contributed by atoms with Crippen molar-refractivity contribution in [3.05, 3.63) is 0 Å². The Morgan fingerprint density at radius 1 is 0.257 bits per heavy atom. The van der Waals surface area contributed by atoms with Gasteiger partial charge in [-0.2, -0.15) is 0 Å². The van der Waals surface area contributed by atoms with Crippen LogP contribution in [0.15, 0.2) is 0 Å². The van der Waals surface area contributed by atoms with Gasteiger partial charge in [0, 0.05) is 0 Å². The van der Waals surface area contributed by atoms with Crippen LogP contribution < -0.4 is 0 Å². The number of rotatable bonds is 24. The molecule has 0 radical (unpaired) electrons. The molecule has 0 bridgehead atoms. The topological polar surface area (TPSA) is 0 Å². The van der Waals surface area contributed by atoms with Crippen LogP contribution in [-0.2, 0) is 19.5 Å². The second-order valence-electron chi connectivity index (χ2n) is 11.3. The molecule has 0 aliphatic rings. The van der Waals surface area contributed by atoms with E-state index in [-0.39, 0.29) is 19.5 Å². The van der Waals surface area contributed by atoms with E-state index in [2.05, 4.69) is 55.4 Å². The van der Waals surface area contributed by atoms with Crippen LogP contribution in [0.2, 0.25) is 0 Å². The van der Waals surface area contributed by atoms with E-state index >= 15 is 0 Å². The average molecular weight is 586 g/mol. The molecule has 0 aromatic heterocycles. The van der Waals surface area contributed by atoms with Crippen LogP contribution in [0.25, 0.3) is 0 Å². The Hall–Kier alpha value is 0.543. The third-order valence-corrected chi connectivity index (χ3v) is 7.89. The largest absolute Gasteiger partial charge is 2.00 e. The molecule has 214 valence electrons. The van der Waals surface area contributed by atoms with Crippen LogP contribution in [0.5, 0.6) is 0 Å². The minimum Gasteiger partial charge on any atom is -0.324 e. The molecule has 0 rings (SSSR count). The first-order chi connectivity index (χ1) is 16.5. The first kappa shape index (κ1) is 40.0. The summed E-state index contributed by atoms with van der Waals surface area (Å²) in [6.45, 7) is 30.0. The Kier molecular flexibility index (Phi) is 33.3. The molecule has 0 heterocycles. The summed E-state index contributed by atoms with van der Waals surface area (Å²) in [5.74, 6) is 0. The zero-order valence-corrected chi connectivity index (χ0v) is 28.0. The smallest absolute Gasteiger partial charge is 0.324 e. The monoisotopic (exact) mass is 586 g/mol. The number of hydrogen-bond donors (Lipinski definition) is 0. The Morgan fingerprint density at radius 3 is 0.457 bits per heavy atom. The fourth-order valence-electron chi connectivity index (χ4n) is 5.29. The third-order valence-electron chi connectivity index (χ3n) is 7.89. The van der Waals surface area contributed by atoms with Gasteiger partial charge >= 0.3 is 19.5 Å². The number of quaternary nitrogens is 2. The van der Waals surface area contributed by atoms with Gasteiger partial charge in [-0.25, -0.2) is 0 Å². The second-order valence-corrected chi connectivity index (χ2v) is 11.3. The molecule has 0 saturated heterocycles. The molecule has 0 spiro atoms. The van der Waals surface area contributed by atoms with Gasteiger partial charge in [0.05, 0.1) is 52.4 Å². The van der Waals surface area contributed by atoms with E-state index in [9.17, 15) is 0 Å². The molecular weight excluding hydrogens is 513 g/mol. The van der Waals surface area contributed by atoms with Crippen LogP contribution in [0, 0.1) is 0 Å². The van der Waals surface area contributed by atoms with Crippen LogP contribution in [0.4, 0.5) is 0 Å². The van der Waals surface area contributed by atoms with Gasteiger partial charge < -0.3 is 8.97 Å². The summed E-state index contributed by atoms with van der Waals surface area (Å²) >= 11 is 0. The van der Waals surface area contributed by atoms with E-state index in [4.69, 9.17) is 0 Å². The molecule has 0 N–H and O–H groups in total. The normalized spacial score (nSPS) is 11.7. The maximum Gasteiger partial charge on any atom is 2.00 e. The van der Waals surface area contributed by atoms with Crippen molar-refractivity contribution < 1.29 is 28.4 Å². The Bertz CT molecular complexity index is 275. The van der Waals surface area contributed by atoms with Gasteiger partial charge in [0.2, 0.25) is 0 Å². The van der Waals surface area contributed by atoms with Gasteiger partial charge in [-0.05, 0) is 51.4 Å². The van der Waals surface area contributed by atoms with Gasteiger partial charge in [-0.15, -0.1) is 0 Å². The maximum atomic E-state index is 2.33. The fourth-order valence-corrected chi connectivity index (χ4v) is 5.29. The Morgan fingerprint density at radius 2 is 0.371 bits per heavy atom. The van der Waals surface area contributed by atoms with Crippen molar-refractivity contribution >= 4 is 0 Å². The minimum absolute atomic E-state index is 0. The zero-order valence-electron chi connectivity index (χ0n) is 26.2. The molecule has 3 heteroatoms. The Balaban J connectivity index is -0.000000569. The maximum absolute atomic E-state index is 2.33. The van der Waals surface area contributed by atoms with Crippen molar-refractivity contribution in [1.29, 1.82) is 0 Å². The van der Waals surface area contributed by atoms with E-state index in [1.807, 2.05) is 0 Å². The van der Waals surface area contributed by atoms with Gasteiger partial charge in [-0.3, -0.25) is 0 Å². The summed E-state index contributed by atoms with van der Waals surface area (Å²) < 4.78 is 2.84. The van der Waals surface area contributed by atoms with Crippen LogP contribution in [0.3, 0.4) is 0 Å². The van der Waals surface area contributed by atoms with Crippen molar-refractivity contribution in [1.82, 2.24) is 0 Å². The fraction of sp³-hybridized carbons (Fsp3) is 1.00. The van der Waals surface area contributed by atoms with Crippen molar-refractivity contribution in [2.45, 2.75) is 158 Å². The van der Waals surface area contributed by atoms with Crippen molar-refractivity contribution in [3.8, 4) is 0 Å². The van der Waals surface area contributed by atoms with Crippen LogP contribution >= 0.6 is 0 Å². The molecule has 0 aliphatic heterocycles. The Labute approximate surface area is 238 Å². The molecule has 0 atom stereocenters. The van der Waals surface area contributed by atoms with E-state index in [1.54, 1.807) is 0 Å². The molecule has 0 aliphatic carbocycles. The number of unbranched alkanes of at least 4 members (excludes halogenated alkanes) is 8. The third kappa shape index (κ3) is 22.3. The molecular formula is C32H72N2Ru+4. The molecule has 0 aromatic carbocycles. The summed E-state index contributed by atoms with van der Waals surface area (Å²) in [6.07, 6.45) is 22.1. The van der Waals surface area contributed by atoms with Crippen LogP contribution in [0.1, 0.15) is 158 Å². The van der Waals surface area contributed by atoms with Crippen molar-refractivity contribution in [2.75, 3.05) is 52.4 Å². The quantitative estimate of drug-likeness (QED) is 0.0781. The van der Waals surface area contributed by atoms with Crippen molar-refractivity contribution in [2.24, 2.45) is 0 Å². The van der Waals surface area contributed by atoms with Crippen molar-refractivity contribution in [3.63, 3.8) is 0 Å². The molecule has 0 fully saturated rings. The molecule has 0 unspecified atom stereocenters. The number of hydrogen-bond acceptors (Lipinski definition) is 0. The van der Waals surface area contributed by atoms with Gasteiger partial charge in [-0.1, -0.05) is 107 Å². The summed E-state index contributed by atoms with van der Waals surface area (Å²) in [5, 5.41) is 0. The molecule has 0 aromatic rings. The van der Waals surface area contributed by atoms with E-state index in [1.165, 1.54) is 164 Å². The summed E-state index contributed by atoms with van der Waals surface area (Å²) in [7, 11) is 0. The van der Waals surface area contributed by atoms with Gasteiger partial charge in [0.15, 0.2) is 0 Å². The zero-order chi connectivity index (χ0) is 26.0. The van der Waals surface area contributed by atoms with Crippen LogP contribution in [-0.4, -0.2) is 61.3 Å². The molecule has 0 saturated carbocycles. The predicted octanol–water partition coefficient (Wildman–Crippen LogP) is 10.0. The second kappa shape index (κ2) is 29.1. The summed E-state index contributed by atoms with van der Waals surface area (Å²) in [6, 6.07) is 0. The first-order valence-electron chi connectivity index (χ1n) is 16.2. The molecule has 0 amide bonds. The van der Waals surface area contributed by atoms with Gasteiger partial charge in [0.25, 0.3) is 0 Å². The van der Waals surface area contributed by atoms with E-state index in [0.717, 1.165) is 0 Å². The predicted molar refractivity (Wildman–Crippen MR) is 159 cm³/mol. The van der Waals surface area contributed by atoms with Gasteiger partial charge in [0.1, 0.15) is 0 Å². The summed E-state index contributed by atoms with van der Waals surface area (Å²) in [4.78, 5) is 0.